The van der Waals surface area contributed by atoms with Gasteiger partial charge in [0.15, 0.2) is 18.6 Å². The Hall–Kier alpha value is -1.54. The minimum Gasteiger partial charge on any atom is -0.222 e. The van der Waals surface area contributed by atoms with Gasteiger partial charge in [-0.25, -0.2) is 4.58 Å². The third-order valence-electron chi connectivity index (χ3n) is 2.71. The first kappa shape index (κ1) is 12.9. The molecule has 0 saturated carbocycles. The molecule has 0 spiro atoms. The minimum absolute atomic E-state index is 0.955. The second-order valence-electron chi connectivity index (χ2n) is 4.22. The molecule has 0 unspecified atom stereocenters. The molecule has 0 heterocycles. The first-order valence-corrected chi connectivity index (χ1v) is 7.35. The molecule has 0 amide bonds. The van der Waals surface area contributed by atoms with Crippen LogP contribution in [-0.2, 0) is 13.1 Å². The van der Waals surface area contributed by atoms with Crippen LogP contribution in [0.2, 0.25) is 0 Å². The molecule has 0 saturated heterocycles. The molecule has 0 aliphatic carbocycles. The third-order valence-corrected chi connectivity index (χ3v) is 3.22. The van der Waals surface area contributed by atoms with Gasteiger partial charge >= 0.3 is 0 Å². The van der Waals surface area contributed by atoms with Gasteiger partial charge in [0.1, 0.15) is 0 Å². The lowest BCUT2D eigenvalue weighted by Crippen LogP contribution is -2.11. The Bertz CT molecular complexity index is 448. The first-order chi connectivity index (χ1) is 8.88. The normalized spacial score (nSPS) is 10.1. The minimum atomic E-state index is 0.955. The van der Waals surface area contributed by atoms with E-state index in [0.717, 1.165) is 13.1 Å². The fraction of sp³-hybridized carbons (Fsp3) is 0.188. The van der Waals surface area contributed by atoms with Crippen LogP contribution in [0.5, 0.6) is 0 Å². The molecule has 0 N–H and O–H groups in total. The van der Waals surface area contributed by atoms with Crippen molar-refractivity contribution in [2.24, 2.45) is 0 Å². The summed E-state index contributed by atoms with van der Waals surface area (Å²) in [6.45, 7) is 1.91. The Morgan fingerprint density at radius 1 is 0.833 bits per heavy atom. The van der Waals surface area contributed by atoms with Crippen LogP contribution in [0.25, 0.3) is 0 Å². The van der Waals surface area contributed by atoms with E-state index in [1.807, 2.05) is 0 Å². The lowest BCUT2D eigenvalue weighted by atomic mass is 10.2. The lowest BCUT2D eigenvalue weighted by molar-refractivity contribution is -0.553. The second kappa shape index (κ2) is 7.02. The van der Waals surface area contributed by atoms with Crippen molar-refractivity contribution in [3.05, 3.63) is 71.8 Å². The maximum absolute atomic E-state index is 2.34. The predicted octanol–water partition coefficient (Wildman–Crippen LogP) is 3.79. The third kappa shape index (κ3) is 4.04. The zero-order chi connectivity index (χ0) is 12.6. The highest BCUT2D eigenvalue weighted by Crippen LogP contribution is 2.06. The van der Waals surface area contributed by atoms with Gasteiger partial charge in [0.05, 0.1) is 0 Å². The standard InChI is InChI=1S/C16H18NS/c1-18-14-17(12-15-8-4-2-5-9-15)13-16-10-6-3-7-11-16/h2-11,14H,12-13H2,1H3/q+1. The monoisotopic (exact) mass is 256 g/mol. The van der Waals surface area contributed by atoms with Crippen LogP contribution in [0, 0.1) is 0 Å². The Kier molecular flexibility index (Phi) is 5.03. The van der Waals surface area contributed by atoms with Gasteiger partial charge in [-0.2, -0.15) is 0 Å². The zero-order valence-electron chi connectivity index (χ0n) is 10.6. The second-order valence-corrected chi connectivity index (χ2v) is 4.90. The molecule has 0 bridgehead atoms. The number of thioether (sulfide) groups is 1. The van der Waals surface area contributed by atoms with Crippen molar-refractivity contribution < 1.29 is 4.58 Å². The molecular weight excluding hydrogens is 238 g/mol. The molecule has 0 radical (unpaired) electrons. The van der Waals surface area contributed by atoms with E-state index in [2.05, 4.69) is 77.0 Å². The topological polar surface area (TPSA) is 3.01 Å². The summed E-state index contributed by atoms with van der Waals surface area (Å²) in [6.07, 6.45) is 2.10. The molecule has 1 nitrogen and oxygen atoms in total. The molecule has 2 rings (SSSR count). The van der Waals surface area contributed by atoms with E-state index < -0.39 is 0 Å². The number of hydrogen-bond donors (Lipinski definition) is 0. The van der Waals surface area contributed by atoms with Gasteiger partial charge in [0, 0.05) is 11.1 Å². The molecule has 18 heavy (non-hydrogen) atoms. The smallest absolute Gasteiger partial charge is 0.198 e. The van der Waals surface area contributed by atoms with E-state index in [9.17, 15) is 0 Å². The number of rotatable bonds is 5. The van der Waals surface area contributed by atoms with Crippen molar-refractivity contribution >= 4 is 17.3 Å². The molecule has 0 aliphatic rings. The van der Waals surface area contributed by atoms with Gasteiger partial charge in [-0.05, 0) is 6.26 Å². The van der Waals surface area contributed by atoms with E-state index in [1.54, 1.807) is 11.8 Å². The number of hydrogen-bond acceptors (Lipinski definition) is 1. The van der Waals surface area contributed by atoms with E-state index in [4.69, 9.17) is 0 Å². The van der Waals surface area contributed by atoms with Crippen LogP contribution < -0.4 is 0 Å². The van der Waals surface area contributed by atoms with Gasteiger partial charge in [0.25, 0.3) is 0 Å². The van der Waals surface area contributed by atoms with E-state index in [-0.39, 0.29) is 0 Å². The molecular formula is C16H18NS+. The fourth-order valence-corrected chi connectivity index (χ4v) is 2.36. The molecule has 2 aromatic carbocycles. The molecule has 92 valence electrons. The van der Waals surface area contributed by atoms with Crippen LogP contribution in [0.3, 0.4) is 0 Å². The molecule has 0 fully saturated rings. The summed E-state index contributed by atoms with van der Waals surface area (Å²) in [5.41, 5.74) is 4.89. The maximum atomic E-state index is 2.34. The molecule has 2 heteroatoms. The van der Waals surface area contributed by atoms with Crippen molar-refractivity contribution in [1.82, 2.24) is 0 Å². The Labute approximate surface area is 113 Å². The summed E-state index contributed by atoms with van der Waals surface area (Å²) in [5.74, 6) is 0. The van der Waals surface area contributed by atoms with E-state index in [0.29, 0.717) is 0 Å². The van der Waals surface area contributed by atoms with Crippen LogP contribution >= 0.6 is 11.8 Å². The Balaban J connectivity index is 2.08. The summed E-state index contributed by atoms with van der Waals surface area (Å²) >= 11 is 1.75. The zero-order valence-corrected chi connectivity index (χ0v) is 11.4. The first-order valence-electron chi connectivity index (χ1n) is 6.06. The Morgan fingerprint density at radius 3 is 1.67 bits per heavy atom. The Morgan fingerprint density at radius 2 is 1.28 bits per heavy atom. The van der Waals surface area contributed by atoms with Gasteiger partial charge in [-0.3, -0.25) is 0 Å². The molecule has 0 aliphatic heterocycles. The summed E-state index contributed by atoms with van der Waals surface area (Å²) < 4.78 is 2.34. The predicted molar refractivity (Wildman–Crippen MR) is 80.1 cm³/mol. The number of benzene rings is 2. The van der Waals surface area contributed by atoms with Crippen molar-refractivity contribution in [3.8, 4) is 0 Å². The van der Waals surface area contributed by atoms with Crippen molar-refractivity contribution in [1.29, 1.82) is 0 Å². The maximum Gasteiger partial charge on any atom is 0.198 e. The lowest BCUT2D eigenvalue weighted by Gasteiger charge is -2.04. The van der Waals surface area contributed by atoms with Crippen LogP contribution in [0.1, 0.15) is 11.1 Å². The average Bonchev–Trinajstić information content (AvgIpc) is 2.41. The average molecular weight is 256 g/mol. The van der Waals surface area contributed by atoms with Crippen LogP contribution in [-0.4, -0.2) is 16.4 Å². The van der Waals surface area contributed by atoms with Gasteiger partial charge < -0.3 is 0 Å². The highest BCUT2D eigenvalue weighted by Gasteiger charge is 2.06. The fourth-order valence-electron chi connectivity index (χ4n) is 1.92. The molecule has 0 aromatic heterocycles. The van der Waals surface area contributed by atoms with E-state index in [1.165, 1.54) is 11.1 Å². The SMILES string of the molecule is CSC=[N+](Cc1ccccc1)Cc1ccccc1. The summed E-state index contributed by atoms with van der Waals surface area (Å²) in [4.78, 5) is 0. The van der Waals surface area contributed by atoms with Gasteiger partial charge in [0.2, 0.25) is 0 Å². The molecule has 0 atom stereocenters. The van der Waals surface area contributed by atoms with E-state index >= 15 is 0 Å². The van der Waals surface area contributed by atoms with Crippen LogP contribution in [0.4, 0.5) is 0 Å². The quantitative estimate of drug-likeness (QED) is 0.447. The van der Waals surface area contributed by atoms with Crippen molar-refractivity contribution in [2.75, 3.05) is 6.26 Å². The largest absolute Gasteiger partial charge is 0.222 e. The highest BCUT2D eigenvalue weighted by atomic mass is 32.2. The van der Waals surface area contributed by atoms with Crippen molar-refractivity contribution in [3.63, 3.8) is 0 Å². The highest BCUT2D eigenvalue weighted by molar-refractivity contribution is 8.11. The van der Waals surface area contributed by atoms with Crippen LogP contribution in [0.15, 0.2) is 60.7 Å². The summed E-state index contributed by atoms with van der Waals surface area (Å²) in [7, 11) is 0. The summed E-state index contributed by atoms with van der Waals surface area (Å²) in [5, 5.41) is 0. The van der Waals surface area contributed by atoms with Crippen molar-refractivity contribution in [2.45, 2.75) is 13.1 Å². The molecule has 2 aromatic rings. The number of nitrogens with zero attached hydrogens (tertiary/aromatic N) is 1. The summed E-state index contributed by atoms with van der Waals surface area (Å²) in [6, 6.07) is 21.2. The van der Waals surface area contributed by atoms with Gasteiger partial charge in [-0.1, -0.05) is 72.4 Å². The van der Waals surface area contributed by atoms with Gasteiger partial charge in [-0.15, -0.1) is 0 Å².